The van der Waals surface area contributed by atoms with Gasteiger partial charge in [0, 0.05) is 0 Å². The molecule has 0 spiro atoms. The van der Waals surface area contributed by atoms with Gasteiger partial charge in [0.15, 0.2) is 0 Å². The first-order chi connectivity index (χ1) is 9.70. The molecule has 1 aliphatic rings. The molecule has 1 N–H and O–H groups in total. The smallest absolute Gasteiger partial charge is 0.0745 e. The number of halogens is 2. The molecule has 0 saturated carbocycles. The predicted octanol–water partition coefficient (Wildman–Crippen LogP) is 6.26. The summed E-state index contributed by atoms with van der Waals surface area (Å²) in [6.07, 6.45) is 12.9. The van der Waals surface area contributed by atoms with Crippen LogP contribution in [-0.4, -0.2) is 12.6 Å². The molecule has 0 saturated heterocycles. The summed E-state index contributed by atoms with van der Waals surface area (Å²) in [5.74, 6) is 1.42. The Morgan fingerprint density at radius 3 is 2.00 bits per heavy atom. The molecule has 1 heterocycles. The maximum atomic E-state index is 2.99. The molecule has 1 aliphatic carbocycles. The van der Waals surface area contributed by atoms with Gasteiger partial charge in [-0.15, -0.1) is 55.1 Å². The molecule has 1 nitrogen and oxygen atoms in total. The van der Waals surface area contributed by atoms with Crippen molar-refractivity contribution >= 4 is 43.3 Å². The molecule has 2 radical (unpaired) electrons. The van der Waals surface area contributed by atoms with Crippen molar-refractivity contribution < 1.29 is 19.2 Å². The molecule has 2 aromatic rings. The van der Waals surface area contributed by atoms with Crippen molar-refractivity contribution in [3.05, 3.63) is 81.6 Å². The molecule has 5 heteroatoms. The van der Waals surface area contributed by atoms with Crippen LogP contribution in [0.4, 0.5) is 0 Å². The number of para-hydroxylation sites is 1. The van der Waals surface area contributed by atoms with E-state index in [0.717, 1.165) is 11.9 Å². The summed E-state index contributed by atoms with van der Waals surface area (Å²) in [5.41, 5.74) is 1.15. The first-order valence-electron chi connectivity index (χ1n) is 6.37. The quantitative estimate of drug-likeness (QED) is 0.385. The molecule has 3 rings (SSSR count). The number of hydrogen-bond acceptors (Lipinski definition) is 0. The normalized spacial score (nSPS) is 9.12. The van der Waals surface area contributed by atoms with Crippen molar-refractivity contribution in [3.63, 3.8) is 0 Å². The van der Waals surface area contributed by atoms with Crippen molar-refractivity contribution in [2.24, 2.45) is 0 Å². The Labute approximate surface area is 175 Å². The number of rotatable bonds is 0. The third-order valence-electron chi connectivity index (χ3n) is 1.98. The summed E-state index contributed by atoms with van der Waals surface area (Å²) in [5, 5.41) is 1.22. The number of benzene rings is 1. The largest absolute Gasteiger partial charge is 0.477 e. The first-order valence-corrected chi connectivity index (χ1v) is 9.21. The van der Waals surface area contributed by atoms with Gasteiger partial charge in [-0.05, 0) is 0 Å². The number of allylic oxidation sites excluding steroid dienone is 4. The van der Waals surface area contributed by atoms with Crippen LogP contribution in [0.3, 0.4) is 0 Å². The van der Waals surface area contributed by atoms with Gasteiger partial charge < -0.3 is 25.8 Å². The Bertz CT molecular complexity index is 482. The topological polar surface area (TPSA) is 15.8 Å². The Balaban J connectivity index is -0.0000000713. The maximum absolute atomic E-state index is 2.99. The molecular weight excluding hydrogens is 389 g/mol. The van der Waals surface area contributed by atoms with Crippen LogP contribution in [0.5, 0.6) is 0 Å². The third-order valence-corrected chi connectivity index (χ3v) is 1.98. The molecular formula is C19H28Cl2NSiTi-5. The van der Waals surface area contributed by atoms with Crippen molar-refractivity contribution in [1.82, 2.24) is 4.98 Å². The molecule has 0 unspecified atom stereocenters. The van der Waals surface area contributed by atoms with Crippen LogP contribution < -0.4 is 0 Å². The van der Waals surface area contributed by atoms with Gasteiger partial charge in [0.25, 0.3) is 0 Å². The average molecular weight is 417 g/mol. The fraction of sp³-hybridized carbons (Fsp3) is 0.211. The molecule has 136 valence electrons. The van der Waals surface area contributed by atoms with Crippen molar-refractivity contribution in [3.8, 4) is 0 Å². The zero-order chi connectivity index (χ0) is 15.2. The number of aromatic nitrogens is 1. The van der Waals surface area contributed by atoms with Crippen LogP contribution in [0.15, 0.2) is 48.6 Å². The average Bonchev–Trinajstić information content (AvgIpc) is 3.15. The van der Waals surface area contributed by atoms with Crippen molar-refractivity contribution in [1.29, 1.82) is 0 Å². The second-order valence-corrected chi connectivity index (χ2v) is 4.50. The molecule has 0 bridgehead atoms. The summed E-state index contributed by atoms with van der Waals surface area (Å²) in [7, 11) is 2.97. The van der Waals surface area contributed by atoms with Gasteiger partial charge in [-0.1, -0.05) is 12.1 Å². The standard InChI is InChI=1S/C8H6N.C5H5.C4H9.2CH3.2ClH.Si.Ti/c1-2-4-8-7(3-1)5-6-9-8;1-2-4-5-3-1;1-4(2)3;;;;;;/h1-5,9H;1-3H,4H2;1-3H3;2*1H3;2*1H;;/q5*-1;;;;. The molecule has 24 heavy (non-hydrogen) atoms. The van der Waals surface area contributed by atoms with E-state index in [4.69, 9.17) is 0 Å². The Kier molecular flexibility index (Phi) is 36.4. The molecule has 0 atom stereocenters. The molecule has 0 fully saturated rings. The number of nitrogens with one attached hydrogen (secondary N) is 1. The summed E-state index contributed by atoms with van der Waals surface area (Å²) in [6.45, 7) is 6.25. The van der Waals surface area contributed by atoms with E-state index in [1.54, 1.807) is 19.2 Å². The minimum Gasteiger partial charge on any atom is -0.477 e. The van der Waals surface area contributed by atoms with Gasteiger partial charge in [-0.3, -0.25) is 6.08 Å². The Hall–Kier alpha value is -0.249. The van der Waals surface area contributed by atoms with E-state index in [9.17, 15) is 0 Å². The monoisotopic (exact) mass is 416 g/mol. The van der Waals surface area contributed by atoms with Crippen LogP contribution in [0.2, 0.25) is 0 Å². The first kappa shape index (κ1) is 35.0. The van der Waals surface area contributed by atoms with E-state index in [2.05, 4.69) is 57.8 Å². The van der Waals surface area contributed by atoms with Crippen LogP contribution in [-0.2, 0) is 19.2 Å². The summed E-state index contributed by atoms with van der Waals surface area (Å²) < 4.78 is 0. The van der Waals surface area contributed by atoms with E-state index in [1.165, 1.54) is 11.3 Å². The van der Waals surface area contributed by atoms with Crippen LogP contribution in [0, 0.1) is 33.0 Å². The fourth-order valence-corrected chi connectivity index (χ4v) is 1.27. The van der Waals surface area contributed by atoms with E-state index >= 15 is 0 Å². The van der Waals surface area contributed by atoms with Gasteiger partial charge >= 0.3 is 26.8 Å². The maximum Gasteiger partial charge on any atom is -0.0745 e. The number of aromatic amines is 1. The van der Waals surface area contributed by atoms with Gasteiger partial charge in [-0.25, -0.2) is 12.2 Å². The summed E-state index contributed by atoms with van der Waals surface area (Å²) in [6, 6.07) is 10.1. The number of H-pyrrole nitrogens is 1. The van der Waals surface area contributed by atoms with Crippen molar-refractivity contribution in [2.45, 2.75) is 27.2 Å². The predicted molar refractivity (Wildman–Crippen MR) is 112 cm³/mol. The minimum absolute atomic E-state index is 0. The van der Waals surface area contributed by atoms with Crippen LogP contribution >= 0.6 is 24.8 Å². The zero-order valence-electron chi connectivity index (χ0n) is 15.1. The van der Waals surface area contributed by atoms with Crippen LogP contribution in [0.25, 0.3) is 10.9 Å². The second kappa shape index (κ2) is 25.0. The number of fused-ring (bicyclic) bond motifs is 1. The SMILES string of the molecule is C[C-](C)C.Cl.Cl.[C-]1=CC=CC1.[CH3-].[CH3-].[Si]=[Ti].[c-]1cc2ccccc2[nH]1. The van der Waals surface area contributed by atoms with E-state index in [0.29, 0.717) is 0 Å². The van der Waals surface area contributed by atoms with Gasteiger partial charge in [-0.2, -0.15) is 38.3 Å². The fourth-order valence-electron chi connectivity index (χ4n) is 1.27. The van der Waals surface area contributed by atoms with E-state index in [1.807, 2.05) is 36.4 Å². The van der Waals surface area contributed by atoms with Crippen LogP contribution in [0.1, 0.15) is 27.2 Å². The Morgan fingerprint density at radius 1 is 1.08 bits per heavy atom. The van der Waals surface area contributed by atoms with Gasteiger partial charge in [0.2, 0.25) is 0 Å². The molecule has 1 aromatic carbocycles. The third kappa shape index (κ3) is 19.8. The Morgan fingerprint density at radius 2 is 1.62 bits per heavy atom. The van der Waals surface area contributed by atoms with Crippen molar-refractivity contribution in [2.75, 3.05) is 0 Å². The zero-order valence-corrected chi connectivity index (χ0v) is 19.3. The number of hydrogen-bond donors (Lipinski definition) is 1. The molecule has 0 amide bonds. The summed E-state index contributed by atoms with van der Waals surface area (Å²) >= 11 is 1.81. The van der Waals surface area contributed by atoms with E-state index in [-0.39, 0.29) is 39.7 Å². The second-order valence-electron chi connectivity index (χ2n) is 4.50. The minimum atomic E-state index is 0. The van der Waals surface area contributed by atoms with Gasteiger partial charge in [0.05, 0.1) is 0 Å². The van der Waals surface area contributed by atoms with Gasteiger partial charge in [0.1, 0.15) is 0 Å². The summed E-state index contributed by atoms with van der Waals surface area (Å²) in [4.78, 5) is 2.99. The molecule has 0 aliphatic heterocycles. The molecule has 1 aromatic heterocycles. The van der Waals surface area contributed by atoms with E-state index < -0.39 is 0 Å².